The molecule has 0 aromatic carbocycles. The summed E-state index contributed by atoms with van der Waals surface area (Å²) in [6, 6.07) is 5.63. The molecule has 2 heterocycles. The van der Waals surface area contributed by atoms with E-state index in [1.54, 1.807) is 17.0 Å². The lowest BCUT2D eigenvalue weighted by molar-refractivity contribution is 0.0948. The highest BCUT2D eigenvalue weighted by atomic mass is 16.2. The molecule has 23 heavy (non-hydrogen) atoms. The Hall–Kier alpha value is -2.43. The van der Waals surface area contributed by atoms with Crippen LogP contribution in [-0.2, 0) is 13.1 Å². The maximum atomic E-state index is 12.7. The number of rotatable bonds is 5. The van der Waals surface area contributed by atoms with E-state index in [1.807, 2.05) is 32.0 Å². The first kappa shape index (κ1) is 15.5. The van der Waals surface area contributed by atoms with Crippen molar-refractivity contribution in [2.45, 2.75) is 39.8 Å². The molecule has 5 heteroatoms. The van der Waals surface area contributed by atoms with Crippen LogP contribution in [0.1, 0.15) is 40.0 Å². The molecule has 0 saturated heterocycles. The molecule has 0 spiro atoms. The molecule has 1 aliphatic rings. The van der Waals surface area contributed by atoms with Crippen LogP contribution in [0.4, 0.5) is 0 Å². The van der Waals surface area contributed by atoms with E-state index in [4.69, 9.17) is 0 Å². The Labute approximate surface area is 135 Å². The highest BCUT2D eigenvalue weighted by Crippen LogP contribution is 2.30. The van der Waals surface area contributed by atoms with Gasteiger partial charge < -0.3 is 9.88 Å². The zero-order valence-electron chi connectivity index (χ0n) is 13.5. The Morgan fingerprint density at radius 1 is 1.39 bits per heavy atom. The summed E-state index contributed by atoms with van der Waals surface area (Å²) in [5.41, 5.74) is 2.62. The number of carbonyl (C=O) groups excluding carboxylic acids is 1. The zero-order chi connectivity index (χ0) is 16.4. The number of hydrogen-bond acceptors (Lipinski definition) is 3. The summed E-state index contributed by atoms with van der Waals surface area (Å²) in [6.45, 7) is 4.82. The Kier molecular flexibility index (Phi) is 4.28. The van der Waals surface area contributed by atoms with Gasteiger partial charge in [-0.05, 0) is 55.9 Å². The second-order valence-electron chi connectivity index (χ2n) is 6.25. The summed E-state index contributed by atoms with van der Waals surface area (Å²) >= 11 is 0. The molecule has 3 rings (SSSR count). The van der Waals surface area contributed by atoms with Gasteiger partial charge in [-0.1, -0.05) is 6.07 Å². The number of nitrogens with one attached hydrogen (secondary N) is 1. The molecule has 1 fully saturated rings. The van der Waals surface area contributed by atoms with Crippen LogP contribution in [0.5, 0.6) is 0 Å². The van der Waals surface area contributed by atoms with E-state index < -0.39 is 0 Å². The SMILES string of the molecule is Cc1cc(C)n(CC2CC2)c(=O)c1C(=O)NCc1cccnc1. The smallest absolute Gasteiger partial charge is 0.263 e. The number of nitrogens with zero attached hydrogens (tertiary/aromatic N) is 2. The van der Waals surface area contributed by atoms with Crippen molar-refractivity contribution >= 4 is 5.91 Å². The Bertz CT molecular complexity index is 777. The summed E-state index contributed by atoms with van der Waals surface area (Å²) in [5.74, 6) is 0.265. The van der Waals surface area contributed by atoms with E-state index in [0.29, 0.717) is 19.0 Å². The van der Waals surface area contributed by atoms with Crippen LogP contribution in [0.3, 0.4) is 0 Å². The summed E-state index contributed by atoms with van der Waals surface area (Å²) in [4.78, 5) is 29.2. The number of amides is 1. The molecule has 2 aromatic rings. The minimum atomic E-state index is -0.319. The molecule has 120 valence electrons. The summed E-state index contributed by atoms with van der Waals surface area (Å²) in [6.07, 6.45) is 5.73. The first-order chi connectivity index (χ1) is 11.1. The third-order valence-corrected chi connectivity index (χ3v) is 4.25. The molecule has 1 saturated carbocycles. The van der Waals surface area contributed by atoms with Gasteiger partial charge >= 0.3 is 0 Å². The van der Waals surface area contributed by atoms with E-state index in [1.165, 1.54) is 12.8 Å². The molecule has 1 N–H and O–H groups in total. The van der Waals surface area contributed by atoms with Gasteiger partial charge in [0, 0.05) is 31.2 Å². The number of aryl methyl sites for hydroxylation is 2. The van der Waals surface area contributed by atoms with Gasteiger partial charge in [0.1, 0.15) is 5.56 Å². The predicted octanol–water partition coefficient (Wildman–Crippen LogP) is 2.20. The monoisotopic (exact) mass is 311 g/mol. The maximum absolute atomic E-state index is 12.7. The molecule has 0 atom stereocenters. The van der Waals surface area contributed by atoms with Crippen molar-refractivity contribution in [3.8, 4) is 0 Å². The molecule has 5 nitrogen and oxygen atoms in total. The van der Waals surface area contributed by atoms with Crippen LogP contribution in [0.2, 0.25) is 0 Å². The number of hydrogen-bond donors (Lipinski definition) is 1. The van der Waals surface area contributed by atoms with Crippen LogP contribution in [0.15, 0.2) is 35.4 Å². The Morgan fingerprint density at radius 3 is 2.83 bits per heavy atom. The standard InChI is InChI=1S/C18H21N3O2/c1-12-8-13(2)21(11-14-5-6-14)18(23)16(12)17(22)20-10-15-4-3-7-19-9-15/h3-4,7-9,14H,5-6,10-11H2,1-2H3,(H,20,22). The Morgan fingerprint density at radius 2 is 2.17 bits per heavy atom. The van der Waals surface area contributed by atoms with E-state index in [2.05, 4.69) is 10.3 Å². The lowest BCUT2D eigenvalue weighted by Crippen LogP contribution is -2.35. The van der Waals surface area contributed by atoms with Crippen LogP contribution < -0.4 is 10.9 Å². The number of pyridine rings is 2. The van der Waals surface area contributed by atoms with E-state index >= 15 is 0 Å². The zero-order valence-corrected chi connectivity index (χ0v) is 13.5. The van der Waals surface area contributed by atoms with Crippen molar-refractivity contribution in [3.05, 3.63) is 63.3 Å². The fourth-order valence-corrected chi connectivity index (χ4v) is 2.76. The second-order valence-corrected chi connectivity index (χ2v) is 6.25. The molecule has 1 aliphatic carbocycles. The quantitative estimate of drug-likeness (QED) is 0.920. The van der Waals surface area contributed by atoms with Gasteiger partial charge in [-0.2, -0.15) is 0 Å². The average Bonchev–Trinajstić information content (AvgIpc) is 3.34. The van der Waals surface area contributed by atoms with Gasteiger partial charge in [-0.25, -0.2) is 0 Å². The number of carbonyl (C=O) groups is 1. The van der Waals surface area contributed by atoms with Crippen molar-refractivity contribution in [2.24, 2.45) is 5.92 Å². The highest BCUT2D eigenvalue weighted by molar-refractivity contribution is 5.95. The molecule has 1 amide bonds. The molecule has 0 bridgehead atoms. The minimum absolute atomic E-state index is 0.182. The first-order valence-electron chi connectivity index (χ1n) is 7.94. The van der Waals surface area contributed by atoms with E-state index in [0.717, 1.165) is 16.8 Å². The van der Waals surface area contributed by atoms with Crippen LogP contribution in [-0.4, -0.2) is 15.5 Å². The van der Waals surface area contributed by atoms with Crippen molar-refractivity contribution in [2.75, 3.05) is 0 Å². The lowest BCUT2D eigenvalue weighted by Gasteiger charge is -2.14. The molecule has 0 aliphatic heterocycles. The van der Waals surface area contributed by atoms with Gasteiger partial charge in [0.2, 0.25) is 0 Å². The largest absolute Gasteiger partial charge is 0.348 e. The summed E-state index contributed by atoms with van der Waals surface area (Å²) < 4.78 is 1.74. The van der Waals surface area contributed by atoms with E-state index in [9.17, 15) is 9.59 Å². The predicted molar refractivity (Wildman–Crippen MR) is 88.3 cm³/mol. The van der Waals surface area contributed by atoms with Gasteiger partial charge in [-0.3, -0.25) is 14.6 Å². The third kappa shape index (κ3) is 3.50. The van der Waals surface area contributed by atoms with Crippen LogP contribution in [0.25, 0.3) is 0 Å². The van der Waals surface area contributed by atoms with Crippen LogP contribution >= 0.6 is 0 Å². The van der Waals surface area contributed by atoms with E-state index in [-0.39, 0.29) is 17.0 Å². The summed E-state index contributed by atoms with van der Waals surface area (Å²) in [7, 11) is 0. The molecule has 0 radical (unpaired) electrons. The van der Waals surface area contributed by atoms with Crippen molar-refractivity contribution in [3.63, 3.8) is 0 Å². The van der Waals surface area contributed by atoms with Crippen LogP contribution in [0, 0.1) is 19.8 Å². The third-order valence-electron chi connectivity index (χ3n) is 4.25. The average molecular weight is 311 g/mol. The fourth-order valence-electron chi connectivity index (χ4n) is 2.76. The molecular weight excluding hydrogens is 290 g/mol. The van der Waals surface area contributed by atoms with Crippen molar-refractivity contribution in [1.82, 2.24) is 14.9 Å². The normalized spacial score (nSPS) is 13.8. The number of aromatic nitrogens is 2. The summed E-state index contributed by atoms with van der Waals surface area (Å²) in [5, 5.41) is 2.82. The fraction of sp³-hybridized carbons (Fsp3) is 0.389. The van der Waals surface area contributed by atoms with Crippen molar-refractivity contribution < 1.29 is 4.79 Å². The van der Waals surface area contributed by atoms with Gasteiger partial charge in [0.05, 0.1) is 0 Å². The maximum Gasteiger partial charge on any atom is 0.263 e. The second kappa shape index (κ2) is 6.36. The molecular formula is C18H21N3O2. The van der Waals surface area contributed by atoms with Gasteiger partial charge in [-0.15, -0.1) is 0 Å². The highest BCUT2D eigenvalue weighted by Gasteiger charge is 2.25. The minimum Gasteiger partial charge on any atom is -0.348 e. The Balaban J connectivity index is 1.83. The topological polar surface area (TPSA) is 64.0 Å². The first-order valence-corrected chi connectivity index (χ1v) is 7.94. The lowest BCUT2D eigenvalue weighted by atomic mass is 10.1. The molecule has 2 aromatic heterocycles. The van der Waals surface area contributed by atoms with Gasteiger partial charge in [0.25, 0.3) is 11.5 Å². The van der Waals surface area contributed by atoms with Crippen molar-refractivity contribution in [1.29, 1.82) is 0 Å². The van der Waals surface area contributed by atoms with Gasteiger partial charge in [0.15, 0.2) is 0 Å². The molecule has 0 unspecified atom stereocenters.